The van der Waals surface area contributed by atoms with E-state index < -0.39 is 36.5 Å². The second-order valence-corrected chi connectivity index (χ2v) is 6.90. The molecular weight excluding hydrogens is 422 g/mol. The number of nitrogens with one attached hydrogen (secondary N) is 3. The van der Waals surface area contributed by atoms with E-state index in [0.29, 0.717) is 11.4 Å². The zero-order valence-electron chi connectivity index (χ0n) is 17.1. The van der Waals surface area contributed by atoms with Gasteiger partial charge in [0.1, 0.15) is 24.3 Å². The van der Waals surface area contributed by atoms with Gasteiger partial charge in [0.25, 0.3) is 5.91 Å². The molecule has 1 saturated heterocycles. The summed E-state index contributed by atoms with van der Waals surface area (Å²) >= 11 is 0. The molecule has 13 heteroatoms. The van der Waals surface area contributed by atoms with Gasteiger partial charge in [0, 0.05) is 12.7 Å². The summed E-state index contributed by atoms with van der Waals surface area (Å²) in [7, 11) is 2.94. The van der Waals surface area contributed by atoms with Crippen LogP contribution in [0.15, 0.2) is 36.9 Å². The van der Waals surface area contributed by atoms with E-state index in [1.54, 1.807) is 31.4 Å². The topological polar surface area (TPSA) is 173 Å². The molecule has 0 bridgehead atoms. The maximum absolute atomic E-state index is 12.4. The van der Waals surface area contributed by atoms with Gasteiger partial charge < -0.3 is 30.3 Å². The monoisotopic (exact) mass is 443 g/mol. The zero-order chi connectivity index (χ0) is 22.8. The van der Waals surface area contributed by atoms with Gasteiger partial charge in [0.15, 0.2) is 29.3 Å². The molecule has 1 aromatic carbocycles. The van der Waals surface area contributed by atoms with Gasteiger partial charge in [-0.25, -0.2) is 19.7 Å². The third kappa shape index (κ3) is 3.91. The van der Waals surface area contributed by atoms with E-state index in [9.17, 15) is 19.8 Å². The number of benzene rings is 1. The number of aliphatic hydroxyl groups excluding tert-OH is 2. The maximum atomic E-state index is 12.4. The molecule has 4 atom stereocenters. The van der Waals surface area contributed by atoms with Crippen LogP contribution in [0.4, 0.5) is 16.3 Å². The fourth-order valence-corrected chi connectivity index (χ4v) is 3.32. The van der Waals surface area contributed by atoms with Crippen molar-refractivity contribution in [2.45, 2.75) is 24.5 Å². The average Bonchev–Trinajstić information content (AvgIpc) is 3.35. The van der Waals surface area contributed by atoms with Crippen molar-refractivity contribution in [1.29, 1.82) is 0 Å². The molecule has 1 aliphatic heterocycles. The van der Waals surface area contributed by atoms with E-state index in [1.807, 2.05) is 0 Å². The van der Waals surface area contributed by atoms with Crippen LogP contribution >= 0.6 is 0 Å². The lowest BCUT2D eigenvalue weighted by Gasteiger charge is -2.16. The van der Waals surface area contributed by atoms with E-state index in [2.05, 4.69) is 30.9 Å². The number of amides is 3. The minimum atomic E-state index is -1.44. The highest BCUT2D eigenvalue weighted by Crippen LogP contribution is 2.32. The van der Waals surface area contributed by atoms with E-state index in [0.717, 1.165) is 0 Å². The fraction of sp³-hybridized carbons (Fsp3) is 0.316. The van der Waals surface area contributed by atoms with E-state index in [4.69, 9.17) is 9.47 Å². The van der Waals surface area contributed by atoms with Crippen LogP contribution in [0.3, 0.4) is 0 Å². The number of carbonyl (C=O) groups excluding carboxylic acids is 2. The molecule has 0 unspecified atom stereocenters. The Morgan fingerprint density at radius 2 is 1.84 bits per heavy atom. The Kier molecular flexibility index (Phi) is 5.85. The molecule has 0 aliphatic carbocycles. The molecule has 3 amide bonds. The second-order valence-electron chi connectivity index (χ2n) is 6.90. The van der Waals surface area contributed by atoms with Gasteiger partial charge >= 0.3 is 6.03 Å². The number of likely N-dealkylation sites (N-methyl/N-ethyl adjacent to an activating group) is 1. The third-order valence-corrected chi connectivity index (χ3v) is 4.96. The number of fused-ring (bicyclic) bond motifs is 1. The molecule has 13 nitrogen and oxygen atoms in total. The number of hydrogen-bond acceptors (Lipinski definition) is 9. The van der Waals surface area contributed by atoms with Crippen molar-refractivity contribution in [3.63, 3.8) is 0 Å². The molecule has 2 aromatic heterocycles. The van der Waals surface area contributed by atoms with Gasteiger partial charge in [-0.3, -0.25) is 14.7 Å². The molecule has 32 heavy (non-hydrogen) atoms. The highest BCUT2D eigenvalue weighted by atomic mass is 16.6. The summed E-state index contributed by atoms with van der Waals surface area (Å²) in [5.41, 5.74) is 0.996. The number of aliphatic hydroxyl groups is 2. The quantitative estimate of drug-likeness (QED) is 0.359. The highest BCUT2D eigenvalue weighted by molar-refractivity contribution is 6.02. The predicted molar refractivity (Wildman–Crippen MR) is 111 cm³/mol. The molecule has 5 N–H and O–H groups in total. The molecule has 0 saturated carbocycles. The SMILES string of the molecule is CNC(=O)[C@H]1O[C@H](n2cnc3c(NC(=O)Nc4ccc(OC)cc4)ncnc32)[C@H](O)[C@@H]1O. The standard InChI is InChI=1S/C19H21N7O6/c1-20-17(29)14-12(27)13(28)18(32-14)26-8-23-11-15(21-7-22-16(11)26)25-19(30)24-9-3-5-10(31-2)6-4-9/h3-8,12-14,18,27-28H,1-2H3,(H,20,29)(H2,21,22,24,25,30)/t12-,13+,14-,18-/m0/s1. The summed E-state index contributed by atoms with van der Waals surface area (Å²) in [6.07, 6.45) is -2.69. The number of nitrogens with zero attached hydrogens (tertiary/aromatic N) is 4. The summed E-state index contributed by atoms with van der Waals surface area (Å²) in [5.74, 6) is 0.199. The van der Waals surface area contributed by atoms with Crippen LogP contribution in [0.1, 0.15) is 6.23 Å². The smallest absolute Gasteiger partial charge is 0.324 e. The number of rotatable bonds is 5. The maximum Gasteiger partial charge on any atom is 0.324 e. The van der Waals surface area contributed by atoms with Gasteiger partial charge in [0.05, 0.1) is 13.4 Å². The fourth-order valence-electron chi connectivity index (χ4n) is 3.32. The number of aromatic nitrogens is 4. The van der Waals surface area contributed by atoms with Crippen LogP contribution in [0.25, 0.3) is 11.2 Å². The van der Waals surface area contributed by atoms with E-state index in [-0.39, 0.29) is 17.0 Å². The third-order valence-electron chi connectivity index (χ3n) is 4.96. The predicted octanol–water partition coefficient (Wildman–Crippen LogP) is -0.156. The first-order valence-electron chi connectivity index (χ1n) is 9.55. The molecular formula is C19H21N7O6. The minimum Gasteiger partial charge on any atom is -0.497 e. The zero-order valence-corrected chi connectivity index (χ0v) is 17.1. The Bertz CT molecular complexity index is 1130. The summed E-state index contributed by atoms with van der Waals surface area (Å²) < 4.78 is 12.0. The van der Waals surface area contributed by atoms with Crippen LogP contribution < -0.4 is 20.7 Å². The Balaban J connectivity index is 1.54. The van der Waals surface area contributed by atoms with Gasteiger partial charge in [-0.05, 0) is 24.3 Å². The molecule has 1 fully saturated rings. The first-order valence-corrected chi connectivity index (χ1v) is 9.55. The molecule has 3 heterocycles. The number of imidazole rings is 1. The number of carbonyl (C=O) groups is 2. The Morgan fingerprint density at radius 1 is 1.09 bits per heavy atom. The lowest BCUT2D eigenvalue weighted by atomic mass is 10.1. The number of anilines is 2. The van der Waals surface area contributed by atoms with Crippen molar-refractivity contribution in [2.75, 3.05) is 24.8 Å². The summed E-state index contributed by atoms with van der Waals surface area (Å²) in [5, 5.41) is 28.2. The Hall–Kier alpha value is -3.81. The summed E-state index contributed by atoms with van der Waals surface area (Å²) in [4.78, 5) is 36.7. The van der Waals surface area contributed by atoms with Crippen molar-refractivity contribution in [3.05, 3.63) is 36.9 Å². The molecule has 168 valence electrons. The molecule has 4 rings (SSSR count). The second kappa shape index (κ2) is 8.74. The van der Waals surface area contributed by atoms with Crippen LogP contribution in [0, 0.1) is 0 Å². The Labute approximate surface area is 181 Å². The van der Waals surface area contributed by atoms with Crippen molar-refractivity contribution in [3.8, 4) is 5.75 Å². The molecule has 0 radical (unpaired) electrons. The number of urea groups is 1. The summed E-state index contributed by atoms with van der Waals surface area (Å²) in [6, 6.07) is 6.20. The van der Waals surface area contributed by atoms with Crippen molar-refractivity contribution < 1.29 is 29.3 Å². The van der Waals surface area contributed by atoms with Crippen LogP contribution in [-0.2, 0) is 9.53 Å². The first-order chi connectivity index (χ1) is 15.4. The lowest BCUT2D eigenvalue weighted by molar-refractivity contribution is -0.137. The van der Waals surface area contributed by atoms with E-state index >= 15 is 0 Å². The molecule has 3 aromatic rings. The van der Waals surface area contributed by atoms with Gasteiger partial charge in [-0.1, -0.05) is 0 Å². The number of methoxy groups -OCH3 is 1. The number of hydrogen-bond donors (Lipinski definition) is 5. The van der Waals surface area contributed by atoms with Crippen molar-refractivity contribution in [2.24, 2.45) is 0 Å². The van der Waals surface area contributed by atoms with Gasteiger partial charge in [-0.15, -0.1) is 0 Å². The lowest BCUT2D eigenvalue weighted by Crippen LogP contribution is -2.41. The highest BCUT2D eigenvalue weighted by Gasteiger charge is 2.47. The number of ether oxygens (including phenoxy) is 2. The van der Waals surface area contributed by atoms with Gasteiger partial charge in [0.2, 0.25) is 0 Å². The first kappa shape index (κ1) is 21.4. The van der Waals surface area contributed by atoms with Crippen molar-refractivity contribution in [1.82, 2.24) is 24.8 Å². The Morgan fingerprint density at radius 3 is 2.53 bits per heavy atom. The van der Waals surface area contributed by atoms with E-state index in [1.165, 1.54) is 24.3 Å². The normalized spacial score (nSPS) is 22.5. The average molecular weight is 443 g/mol. The summed E-state index contributed by atoms with van der Waals surface area (Å²) in [6.45, 7) is 0. The minimum absolute atomic E-state index is 0.121. The van der Waals surface area contributed by atoms with Crippen LogP contribution in [0.5, 0.6) is 5.75 Å². The largest absolute Gasteiger partial charge is 0.497 e. The van der Waals surface area contributed by atoms with Crippen LogP contribution in [-0.4, -0.2) is 74.1 Å². The van der Waals surface area contributed by atoms with Gasteiger partial charge in [-0.2, -0.15) is 0 Å². The molecule has 1 aliphatic rings. The molecule has 0 spiro atoms. The van der Waals surface area contributed by atoms with Crippen molar-refractivity contribution >= 4 is 34.6 Å². The van der Waals surface area contributed by atoms with Crippen LogP contribution in [0.2, 0.25) is 0 Å².